The van der Waals surface area contributed by atoms with Crippen LogP contribution in [0.15, 0.2) is 54.6 Å². The van der Waals surface area contributed by atoms with E-state index in [4.69, 9.17) is 26.1 Å². The molecule has 0 saturated carbocycles. The summed E-state index contributed by atoms with van der Waals surface area (Å²) in [6.45, 7) is 3.68. The van der Waals surface area contributed by atoms with Crippen LogP contribution in [0.2, 0.25) is 5.28 Å². The molecule has 0 spiro atoms. The second kappa shape index (κ2) is 10.6. The minimum Gasteiger partial charge on any atom is -0.493 e. The van der Waals surface area contributed by atoms with Crippen molar-refractivity contribution in [3.8, 4) is 22.8 Å². The van der Waals surface area contributed by atoms with E-state index in [9.17, 15) is 4.79 Å². The van der Waals surface area contributed by atoms with Crippen molar-refractivity contribution in [1.82, 2.24) is 20.3 Å². The average Bonchev–Trinajstić information content (AvgIpc) is 2.92. The number of nitrogens with one attached hydrogen (secondary N) is 2. The maximum atomic E-state index is 13.4. The summed E-state index contributed by atoms with van der Waals surface area (Å²) in [7, 11) is 3.19. The summed E-state index contributed by atoms with van der Waals surface area (Å²) in [6.07, 6.45) is 0. The van der Waals surface area contributed by atoms with Crippen LogP contribution in [-0.4, -0.2) is 60.8 Å². The summed E-state index contributed by atoms with van der Waals surface area (Å²) >= 11 is 6.32. The molecular formula is C27H27ClN6O3. The topological polar surface area (TPSA) is 102 Å². The second-order valence-corrected chi connectivity index (χ2v) is 9.06. The van der Waals surface area contributed by atoms with E-state index in [1.807, 2.05) is 66.4 Å². The Hall–Kier alpha value is -3.95. The van der Waals surface area contributed by atoms with Gasteiger partial charge in [0.15, 0.2) is 17.3 Å². The fraction of sp³-hybridized carbons (Fsp3) is 0.259. The van der Waals surface area contributed by atoms with Gasteiger partial charge in [-0.2, -0.15) is 4.98 Å². The molecular weight excluding hydrogens is 492 g/mol. The largest absolute Gasteiger partial charge is 0.493 e. The van der Waals surface area contributed by atoms with E-state index in [2.05, 4.69) is 20.6 Å². The molecule has 2 aromatic carbocycles. The number of halogens is 1. The van der Waals surface area contributed by atoms with Gasteiger partial charge >= 0.3 is 0 Å². The summed E-state index contributed by atoms with van der Waals surface area (Å²) in [5.74, 6) is 1.61. The van der Waals surface area contributed by atoms with Crippen molar-refractivity contribution in [3.63, 3.8) is 0 Å². The van der Waals surface area contributed by atoms with E-state index in [1.165, 1.54) is 0 Å². The summed E-state index contributed by atoms with van der Waals surface area (Å²) in [6, 6.07) is 16.5. The summed E-state index contributed by atoms with van der Waals surface area (Å²) in [4.78, 5) is 29.2. The number of benzene rings is 2. The second-order valence-electron chi connectivity index (χ2n) is 8.72. The monoisotopic (exact) mass is 518 g/mol. The maximum Gasteiger partial charge on any atom is 0.248 e. The van der Waals surface area contributed by atoms with Crippen LogP contribution >= 0.6 is 11.6 Å². The smallest absolute Gasteiger partial charge is 0.248 e. The average molecular weight is 519 g/mol. The third kappa shape index (κ3) is 5.14. The molecule has 37 heavy (non-hydrogen) atoms. The molecule has 1 amide bonds. The number of fused-ring (bicyclic) bond motifs is 1. The van der Waals surface area contributed by atoms with E-state index in [0.717, 1.165) is 16.8 Å². The Morgan fingerprint density at radius 2 is 1.89 bits per heavy atom. The zero-order chi connectivity index (χ0) is 25.9. The van der Waals surface area contributed by atoms with Crippen molar-refractivity contribution in [1.29, 1.82) is 0 Å². The van der Waals surface area contributed by atoms with Gasteiger partial charge in [-0.25, -0.2) is 9.97 Å². The number of carbonyl (C=O) groups excluding carboxylic acids is 1. The highest BCUT2D eigenvalue weighted by Crippen LogP contribution is 2.34. The molecule has 5 rings (SSSR count). The predicted octanol–water partition coefficient (Wildman–Crippen LogP) is 4.09. The molecule has 3 heterocycles. The number of aryl methyl sites for hydroxylation is 1. The Kier molecular flexibility index (Phi) is 7.07. The van der Waals surface area contributed by atoms with Gasteiger partial charge in [-0.1, -0.05) is 12.1 Å². The number of hydrogen-bond acceptors (Lipinski definition) is 8. The number of hydrogen-bond donors (Lipinski definition) is 2. The molecule has 10 heteroatoms. The Bertz CT molecular complexity index is 1460. The number of anilines is 2. The van der Waals surface area contributed by atoms with Crippen LogP contribution in [-0.2, 0) is 4.79 Å². The lowest BCUT2D eigenvalue weighted by Gasteiger charge is -2.36. The number of methoxy groups -OCH3 is 2. The summed E-state index contributed by atoms with van der Waals surface area (Å²) in [5, 5.41) is 6.44. The van der Waals surface area contributed by atoms with Gasteiger partial charge in [-0.3, -0.25) is 4.79 Å². The van der Waals surface area contributed by atoms with Gasteiger partial charge in [0.1, 0.15) is 11.6 Å². The lowest BCUT2D eigenvalue weighted by molar-refractivity contribution is -0.117. The van der Waals surface area contributed by atoms with Crippen LogP contribution in [0, 0.1) is 6.92 Å². The van der Waals surface area contributed by atoms with Crippen molar-refractivity contribution in [2.45, 2.75) is 13.0 Å². The first-order valence-electron chi connectivity index (χ1n) is 11.9. The summed E-state index contributed by atoms with van der Waals surface area (Å²) in [5.41, 5.74) is 4.51. The number of aromatic nitrogens is 3. The molecule has 0 radical (unpaired) electrons. The maximum absolute atomic E-state index is 13.4. The van der Waals surface area contributed by atoms with Gasteiger partial charge in [-0.15, -0.1) is 0 Å². The van der Waals surface area contributed by atoms with Crippen LogP contribution in [0.5, 0.6) is 11.5 Å². The standard InChI is InChI=1S/C27H27ClN6O3/c1-16-5-4-6-18(13-16)30-26(35)21-15-29-11-12-34(21)25-24-20(32-27(28)33-25)9-8-19(31-24)17-7-10-22(36-2)23(14-17)37-3/h4-10,13-14,21,29H,11-12,15H2,1-3H3,(H,30,35). The molecule has 2 N–H and O–H groups in total. The van der Waals surface area contributed by atoms with E-state index >= 15 is 0 Å². The van der Waals surface area contributed by atoms with E-state index in [-0.39, 0.29) is 11.2 Å². The molecule has 2 aromatic heterocycles. The molecule has 1 aliphatic rings. The third-order valence-corrected chi connectivity index (χ3v) is 6.45. The number of nitrogens with zero attached hydrogens (tertiary/aromatic N) is 4. The first kappa shape index (κ1) is 24.7. The summed E-state index contributed by atoms with van der Waals surface area (Å²) < 4.78 is 10.8. The van der Waals surface area contributed by atoms with Crippen molar-refractivity contribution in [2.75, 3.05) is 44.1 Å². The Balaban J connectivity index is 1.54. The fourth-order valence-corrected chi connectivity index (χ4v) is 4.64. The highest BCUT2D eigenvalue weighted by atomic mass is 35.5. The van der Waals surface area contributed by atoms with Gasteiger partial charge in [0.05, 0.1) is 25.4 Å². The highest BCUT2D eigenvalue weighted by Gasteiger charge is 2.32. The van der Waals surface area contributed by atoms with Crippen molar-refractivity contribution in [2.24, 2.45) is 0 Å². The van der Waals surface area contributed by atoms with Gasteiger partial charge in [-0.05, 0) is 66.6 Å². The van der Waals surface area contributed by atoms with Crippen molar-refractivity contribution >= 4 is 40.0 Å². The lowest BCUT2D eigenvalue weighted by atomic mass is 10.1. The van der Waals surface area contributed by atoms with E-state index in [1.54, 1.807) is 14.2 Å². The first-order valence-corrected chi connectivity index (χ1v) is 12.3. The fourth-order valence-electron chi connectivity index (χ4n) is 4.47. The Morgan fingerprint density at radius 3 is 2.68 bits per heavy atom. The molecule has 1 saturated heterocycles. The van der Waals surface area contributed by atoms with Gasteiger partial charge < -0.3 is 25.0 Å². The quantitative estimate of drug-likeness (QED) is 0.368. The van der Waals surface area contributed by atoms with Crippen LogP contribution in [0.4, 0.5) is 11.5 Å². The number of pyridine rings is 1. The normalized spacial score (nSPS) is 15.5. The van der Waals surface area contributed by atoms with Crippen LogP contribution in [0.25, 0.3) is 22.3 Å². The number of rotatable bonds is 6. The van der Waals surface area contributed by atoms with Crippen LogP contribution in [0.3, 0.4) is 0 Å². The number of amides is 1. The number of ether oxygens (including phenoxy) is 2. The highest BCUT2D eigenvalue weighted by molar-refractivity contribution is 6.28. The van der Waals surface area contributed by atoms with E-state index < -0.39 is 6.04 Å². The zero-order valence-corrected chi connectivity index (χ0v) is 21.5. The van der Waals surface area contributed by atoms with Crippen molar-refractivity contribution < 1.29 is 14.3 Å². The molecule has 9 nitrogen and oxygen atoms in total. The van der Waals surface area contributed by atoms with Crippen molar-refractivity contribution in [3.05, 3.63) is 65.4 Å². The molecule has 1 unspecified atom stereocenters. The Labute approximate surface area is 219 Å². The van der Waals surface area contributed by atoms with Crippen LogP contribution in [0.1, 0.15) is 5.56 Å². The number of carbonyl (C=O) groups is 1. The SMILES string of the molecule is COc1ccc(-c2ccc3nc(Cl)nc(N4CCNCC4C(=O)Nc4cccc(C)c4)c3n2)cc1OC. The minimum absolute atomic E-state index is 0.0968. The van der Waals surface area contributed by atoms with Gasteiger partial charge in [0.2, 0.25) is 11.2 Å². The first-order chi connectivity index (χ1) is 18.0. The molecule has 1 atom stereocenters. The molecule has 4 aromatic rings. The molecule has 0 bridgehead atoms. The third-order valence-electron chi connectivity index (χ3n) is 6.28. The number of piperazine rings is 1. The molecule has 0 aliphatic carbocycles. The molecule has 1 fully saturated rings. The van der Waals surface area contributed by atoms with Gasteiger partial charge in [0, 0.05) is 30.9 Å². The predicted molar refractivity (Wildman–Crippen MR) is 145 cm³/mol. The Morgan fingerprint density at radius 1 is 1.05 bits per heavy atom. The molecule has 1 aliphatic heterocycles. The van der Waals surface area contributed by atoms with E-state index in [0.29, 0.717) is 53.7 Å². The zero-order valence-electron chi connectivity index (χ0n) is 20.8. The lowest BCUT2D eigenvalue weighted by Crippen LogP contribution is -2.57. The van der Waals surface area contributed by atoms with Crippen LogP contribution < -0.4 is 25.0 Å². The van der Waals surface area contributed by atoms with Gasteiger partial charge in [0.25, 0.3) is 0 Å². The minimum atomic E-state index is -0.519. The molecule has 190 valence electrons.